The third-order valence-corrected chi connectivity index (χ3v) is 6.41. The van der Waals surface area contributed by atoms with Gasteiger partial charge in [0.15, 0.2) is 17.2 Å². The van der Waals surface area contributed by atoms with Crippen molar-refractivity contribution in [3.63, 3.8) is 0 Å². The first-order valence-corrected chi connectivity index (χ1v) is 12.1. The van der Waals surface area contributed by atoms with Crippen LogP contribution in [0.1, 0.15) is 44.7 Å². The Morgan fingerprint density at radius 1 is 1.08 bits per heavy atom. The lowest BCUT2D eigenvalue weighted by molar-refractivity contribution is 0.0596. The van der Waals surface area contributed by atoms with Crippen molar-refractivity contribution in [2.45, 2.75) is 32.0 Å². The van der Waals surface area contributed by atoms with E-state index in [0.717, 1.165) is 36.0 Å². The second-order valence-electron chi connectivity index (χ2n) is 8.18. The van der Waals surface area contributed by atoms with Crippen molar-refractivity contribution in [3.8, 4) is 17.4 Å². The van der Waals surface area contributed by atoms with Crippen LogP contribution in [0.5, 0.6) is 17.4 Å². The Morgan fingerprint density at radius 3 is 2.54 bits per heavy atom. The topological polar surface area (TPSA) is 108 Å². The van der Waals surface area contributed by atoms with Crippen molar-refractivity contribution in [1.29, 1.82) is 0 Å². The lowest BCUT2D eigenvalue weighted by Crippen LogP contribution is -2.25. The molecule has 0 spiro atoms. The fourth-order valence-corrected chi connectivity index (χ4v) is 4.19. The molecule has 2 aromatic carbocycles. The zero-order chi connectivity index (χ0) is 26.5. The highest BCUT2D eigenvalue weighted by Crippen LogP contribution is 2.34. The first-order valence-electron chi connectivity index (χ1n) is 11.3. The fourth-order valence-electron chi connectivity index (χ4n) is 3.47. The predicted octanol–water partition coefficient (Wildman–Crippen LogP) is 4.31. The number of anilines is 1. The van der Waals surface area contributed by atoms with E-state index >= 15 is 0 Å². The number of methoxy groups -OCH3 is 3. The van der Waals surface area contributed by atoms with E-state index in [1.54, 1.807) is 19.2 Å². The summed E-state index contributed by atoms with van der Waals surface area (Å²) < 4.78 is 53.9. The van der Waals surface area contributed by atoms with Gasteiger partial charge in [0, 0.05) is 35.3 Å². The number of amides is 1. The van der Waals surface area contributed by atoms with E-state index in [2.05, 4.69) is 15.0 Å². The lowest BCUT2D eigenvalue weighted by Gasteiger charge is -2.12. The van der Waals surface area contributed by atoms with Gasteiger partial charge in [-0.05, 0) is 48.6 Å². The number of halogens is 2. The number of nitrogens with one attached hydrogen (secondary N) is 2. The Bertz CT molecular complexity index is 1310. The maximum absolute atomic E-state index is 14.5. The Balaban J connectivity index is 1.52. The largest absolute Gasteiger partial charge is 0.497 e. The van der Waals surface area contributed by atoms with Crippen molar-refractivity contribution < 1.29 is 37.3 Å². The SMILES string of the molecule is COC(=O)c1c(OCc2cc(C(=O)NC3CC3)cc(F)c2F)nsc1NCc1ccc(OC)cc1OC. The molecule has 3 aromatic rings. The third-order valence-electron chi connectivity index (χ3n) is 5.63. The van der Waals surface area contributed by atoms with Gasteiger partial charge in [-0.2, -0.15) is 4.37 Å². The van der Waals surface area contributed by atoms with Crippen LogP contribution >= 0.6 is 11.5 Å². The normalized spacial score (nSPS) is 12.6. The molecule has 2 N–H and O–H groups in total. The van der Waals surface area contributed by atoms with E-state index in [9.17, 15) is 18.4 Å². The lowest BCUT2D eigenvalue weighted by atomic mass is 10.1. The minimum atomic E-state index is -1.18. The molecule has 0 saturated heterocycles. The molecule has 0 radical (unpaired) electrons. The summed E-state index contributed by atoms with van der Waals surface area (Å²) in [7, 11) is 4.29. The number of esters is 1. The number of carbonyl (C=O) groups excluding carboxylic acids is 2. The highest BCUT2D eigenvalue weighted by Gasteiger charge is 2.26. The maximum Gasteiger partial charge on any atom is 0.346 e. The van der Waals surface area contributed by atoms with Crippen LogP contribution in [0.3, 0.4) is 0 Å². The van der Waals surface area contributed by atoms with Crippen molar-refractivity contribution in [3.05, 3.63) is 64.2 Å². The summed E-state index contributed by atoms with van der Waals surface area (Å²) in [5, 5.41) is 6.19. The van der Waals surface area contributed by atoms with Gasteiger partial charge in [0.05, 0.1) is 21.3 Å². The number of carbonyl (C=O) groups is 2. The third kappa shape index (κ3) is 6.08. The van der Waals surface area contributed by atoms with E-state index in [4.69, 9.17) is 18.9 Å². The molecule has 1 aliphatic rings. The molecule has 1 saturated carbocycles. The number of benzene rings is 2. The maximum atomic E-state index is 14.5. The average Bonchev–Trinajstić information content (AvgIpc) is 3.63. The average molecular weight is 534 g/mol. The predicted molar refractivity (Wildman–Crippen MR) is 132 cm³/mol. The standard InChI is InChI=1S/C25H25F2N3O6S/c1-33-17-7-4-13(19(10-17)34-2)11-28-24-20(25(32)35-3)23(30-37-24)36-12-15-8-14(9-18(26)21(15)27)22(31)29-16-5-6-16/h4,7-10,16,28H,5-6,11-12H2,1-3H3,(H,29,31). The van der Waals surface area contributed by atoms with Gasteiger partial charge in [0.2, 0.25) is 5.88 Å². The molecular formula is C25H25F2N3O6S. The van der Waals surface area contributed by atoms with Gasteiger partial charge < -0.3 is 29.6 Å². The smallest absolute Gasteiger partial charge is 0.346 e. The Morgan fingerprint density at radius 2 is 1.86 bits per heavy atom. The summed E-state index contributed by atoms with van der Waals surface area (Å²) in [5.41, 5.74) is 0.575. The number of ether oxygens (including phenoxy) is 4. The molecule has 0 atom stereocenters. The molecule has 37 heavy (non-hydrogen) atoms. The van der Waals surface area contributed by atoms with Gasteiger partial charge in [-0.25, -0.2) is 13.6 Å². The molecule has 0 aliphatic heterocycles. The van der Waals surface area contributed by atoms with Gasteiger partial charge in [-0.3, -0.25) is 4.79 Å². The molecule has 196 valence electrons. The number of hydrogen-bond acceptors (Lipinski definition) is 9. The second-order valence-corrected chi connectivity index (χ2v) is 8.96. The molecule has 12 heteroatoms. The summed E-state index contributed by atoms with van der Waals surface area (Å²) in [6, 6.07) is 7.43. The summed E-state index contributed by atoms with van der Waals surface area (Å²) in [5.74, 6) is -2.46. The molecule has 0 unspecified atom stereocenters. The first-order chi connectivity index (χ1) is 17.8. The number of aromatic nitrogens is 1. The summed E-state index contributed by atoms with van der Waals surface area (Å²) in [4.78, 5) is 24.8. The molecule has 1 aromatic heterocycles. The summed E-state index contributed by atoms with van der Waals surface area (Å²) >= 11 is 0.940. The molecule has 9 nitrogen and oxygen atoms in total. The van der Waals surface area contributed by atoms with Crippen molar-refractivity contribution in [2.75, 3.05) is 26.6 Å². The van der Waals surface area contributed by atoms with Gasteiger partial charge in [-0.15, -0.1) is 0 Å². The number of rotatable bonds is 11. The molecule has 1 heterocycles. The van der Waals surface area contributed by atoms with Crippen LogP contribution in [-0.2, 0) is 17.9 Å². The van der Waals surface area contributed by atoms with Crippen LogP contribution in [0, 0.1) is 11.6 Å². The Kier molecular flexibility index (Phi) is 8.07. The van der Waals surface area contributed by atoms with E-state index in [1.165, 1.54) is 20.3 Å². The summed E-state index contributed by atoms with van der Waals surface area (Å²) in [6.07, 6.45) is 1.71. The van der Waals surface area contributed by atoms with Crippen LogP contribution in [0.15, 0.2) is 30.3 Å². The molecule has 1 amide bonds. The highest BCUT2D eigenvalue weighted by molar-refractivity contribution is 7.10. The zero-order valence-corrected chi connectivity index (χ0v) is 21.2. The van der Waals surface area contributed by atoms with Gasteiger partial charge in [0.25, 0.3) is 5.91 Å². The highest BCUT2D eigenvalue weighted by atomic mass is 32.1. The van der Waals surface area contributed by atoms with E-state index in [1.807, 2.05) is 6.07 Å². The molecule has 1 fully saturated rings. The Hall–Kier alpha value is -3.93. The van der Waals surface area contributed by atoms with Crippen molar-refractivity contribution in [1.82, 2.24) is 9.69 Å². The van der Waals surface area contributed by atoms with E-state index in [0.29, 0.717) is 16.5 Å². The number of nitrogens with zero attached hydrogens (tertiary/aromatic N) is 1. The van der Waals surface area contributed by atoms with Crippen molar-refractivity contribution in [2.24, 2.45) is 0 Å². The van der Waals surface area contributed by atoms with Crippen LogP contribution in [0.25, 0.3) is 0 Å². The van der Waals surface area contributed by atoms with Crippen LogP contribution in [-0.4, -0.2) is 43.6 Å². The van der Waals surface area contributed by atoms with Crippen LogP contribution in [0.4, 0.5) is 13.8 Å². The van der Waals surface area contributed by atoms with Gasteiger partial charge in [-0.1, -0.05) is 0 Å². The minimum absolute atomic E-state index is 0.00323. The minimum Gasteiger partial charge on any atom is -0.497 e. The van der Waals surface area contributed by atoms with E-state index in [-0.39, 0.29) is 35.2 Å². The first kappa shape index (κ1) is 26.1. The fraction of sp³-hybridized carbons (Fsp3) is 0.320. The molecule has 1 aliphatic carbocycles. The van der Waals surface area contributed by atoms with E-state index < -0.39 is 30.1 Å². The Labute approximate surface area is 215 Å². The van der Waals surface area contributed by atoms with Crippen LogP contribution < -0.4 is 24.8 Å². The van der Waals surface area contributed by atoms with Gasteiger partial charge >= 0.3 is 5.97 Å². The van der Waals surface area contributed by atoms with Gasteiger partial charge in [0.1, 0.15) is 23.1 Å². The van der Waals surface area contributed by atoms with Crippen LogP contribution in [0.2, 0.25) is 0 Å². The quantitative estimate of drug-likeness (QED) is 0.351. The molecule has 0 bridgehead atoms. The van der Waals surface area contributed by atoms with Crippen molar-refractivity contribution >= 4 is 28.4 Å². The molecule has 4 rings (SSSR count). The summed E-state index contributed by atoms with van der Waals surface area (Å²) in [6.45, 7) is -0.191. The number of hydrogen-bond donors (Lipinski definition) is 2. The monoisotopic (exact) mass is 533 g/mol. The zero-order valence-electron chi connectivity index (χ0n) is 20.4. The second kappa shape index (κ2) is 11.4. The molecular weight excluding hydrogens is 508 g/mol.